The van der Waals surface area contributed by atoms with Crippen molar-refractivity contribution in [2.75, 3.05) is 14.1 Å². The average Bonchev–Trinajstić information content (AvgIpc) is 2.66. The van der Waals surface area contributed by atoms with Crippen molar-refractivity contribution in [2.45, 2.75) is 45.1 Å². The van der Waals surface area contributed by atoms with Crippen molar-refractivity contribution in [1.82, 2.24) is 4.90 Å². The molecule has 0 N–H and O–H groups in total. The van der Waals surface area contributed by atoms with Crippen molar-refractivity contribution >= 4 is 10.8 Å². The maximum Gasteiger partial charge on any atom is 0.0342 e. The molecule has 0 amide bonds. The van der Waals surface area contributed by atoms with E-state index in [1.165, 1.54) is 53.1 Å². The molecule has 0 aliphatic heterocycles. The fraction of sp³-hybridized carbons (Fsp3) is 0.360. The molecule has 1 nitrogen and oxygen atoms in total. The zero-order valence-electron chi connectivity index (χ0n) is 16.4. The molecule has 3 rings (SSSR count). The largest absolute Gasteiger partial charge is 0.302 e. The van der Waals surface area contributed by atoms with Gasteiger partial charge in [0.05, 0.1) is 0 Å². The van der Waals surface area contributed by atoms with Crippen molar-refractivity contribution in [3.05, 3.63) is 83.4 Å². The Bertz CT molecular complexity index is 817. The molecule has 3 aromatic rings. The van der Waals surface area contributed by atoms with E-state index in [0.29, 0.717) is 6.04 Å². The summed E-state index contributed by atoms with van der Waals surface area (Å²) in [5.74, 6) is 0. The molecule has 3 aromatic carbocycles. The van der Waals surface area contributed by atoms with E-state index in [-0.39, 0.29) is 0 Å². The number of hydrogen-bond acceptors (Lipinski definition) is 1. The summed E-state index contributed by atoms with van der Waals surface area (Å²) in [7, 11) is 4.39. The summed E-state index contributed by atoms with van der Waals surface area (Å²) in [5.41, 5.74) is 4.33. The second kappa shape index (κ2) is 9.00. The predicted octanol–water partition coefficient (Wildman–Crippen LogP) is 6.42. The molecule has 1 heteroatoms. The van der Waals surface area contributed by atoms with Gasteiger partial charge in [0.1, 0.15) is 0 Å². The van der Waals surface area contributed by atoms with Gasteiger partial charge in [-0.2, -0.15) is 0 Å². The molecule has 0 aromatic heterocycles. The van der Waals surface area contributed by atoms with E-state index in [9.17, 15) is 0 Å². The van der Waals surface area contributed by atoms with Gasteiger partial charge in [-0.1, -0.05) is 80.1 Å². The van der Waals surface area contributed by atoms with E-state index in [2.05, 4.69) is 92.6 Å². The zero-order chi connectivity index (χ0) is 18.4. The van der Waals surface area contributed by atoms with Gasteiger partial charge in [-0.05, 0) is 67.2 Å². The molecule has 0 saturated heterocycles. The fourth-order valence-electron chi connectivity index (χ4n) is 3.81. The van der Waals surface area contributed by atoms with Gasteiger partial charge in [-0.25, -0.2) is 0 Å². The van der Waals surface area contributed by atoms with Gasteiger partial charge >= 0.3 is 0 Å². The highest BCUT2D eigenvalue weighted by molar-refractivity contribution is 5.82. The molecule has 0 saturated carbocycles. The van der Waals surface area contributed by atoms with Crippen LogP contribution in [0.1, 0.15) is 48.9 Å². The monoisotopic (exact) mass is 345 g/mol. The van der Waals surface area contributed by atoms with Crippen LogP contribution in [0.4, 0.5) is 0 Å². The molecule has 0 radical (unpaired) electrons. The summed E-state index contributed by atoms with van der Waals surface area (Å²) in [6.07, 6.45) is 5.92. The van der Waals surface area contributed by atoms with Crippen molar-refractivity contribution < 1.29 is 0 Å². The van der Waals surface area contributed by atoms with Gasteiger partial charge in [-0.15, -0.1) is 0 Å². The summed E-state index contributed by atoms with van der Waals surface area (Å²) in [6, 6.07) is 25.3. The van der Waals surface area contributed by atoms with Gasteiger partial charge in [0, 0.05) is 6.04 Å². The molecule has 1 unspecified atom stereocenters. The van der Waals surface area contributed by atoms with Crippen LogP contribution in [0.25, 0.3) is 10.8 Å². The van der Waals surface area contributed by atoms with E-state index in [1.807, 2.05) is 0 Å². The Morgan fingerprint density at radius 2 is 1.46 bits per heavy atom. The lowest BCUT2D eigenvalue weighted by Crippen LogP contribution is -2.20. The zero-order valence-corrected chi connectivity index (χ0v) is 16.4. The Morgan fingerprint density at radius 1 is 0.769 bits per heavy atom. The van der Waals surface area contributed by atoms with E-state index >= 15 is 0 Å². The van der Waals surface area contributed by atoms with Crippen LogP contribution >= 0.6 is 0 Å². The molecule has 0 fully saturated rings. The lowest BCUT2D eigenvalue weighted by Gasteiger charge is -2.25. The van der Waals surface area contributed by atoms with E-state index < -0.39 is 0 Å². The van der Waals surface area contributed by atoms with E-state index in [1.54, 1.807) is 0 Å². The SMILES string of the molecule is CCCc1ccc(C(CCCc2ccc3ccccc3c2)N(C)C)cc1. The summed E-state index contributed by atoms with van der Waals surface area (Å²) >= 11 is 0. The molecule has 1 atom stereocenters. The Balaban J connectivity index is 1.62. The Labute approximate surface area is 158 Å². The van der Waals surface area contributed by atoms with Crippen molar-refractivity contribution in [2.24, 2.45) is 0 Å². The first-order valence-electron chi connectivity index (χ1n) is 9.90. The average molecular weight is 346 g/mol. The molecule has 136 valence electrons. The number of fused-ring (bicyclic) bond motifs is 1. The number of rotatable bonds is 8. The lowest BCUT2D eigenvalue weighted by molar-refractivity contribution is 0.279. The van der Waals surface area contributed by atoms with Crippen LogP contribution < -0.4 is 0 Å². The molecule has 0 bridgehead atoms. The minimum atomic E-state index is 0.492. The van der Waals surface area contributed by atoms with Gasteiger partial charge < -0.3 is 4.90 Å². The lowest BCUT2D eigenvalue weighted by atomic mass is 9.96. The maximum atomic E-state index is 2.36. The topological polar surface area (TPSA) is 3.24 Å². The molecule has 26 heavy (non-hydrogen) atoms. The summed E-state index contributed by atoms with van der Waals surface area (Å²) in [6.45, 7) is 2.24. The molecule has 0 aliphatic carbocycles. The minimum absolute atomic E-state index is 0.492. The fourth-order valence-corrected chi connectivity index (χ4v) is 3.81. The maximum absolute atomic E-state index is 2.36. The summed E-state index contributed by atoms with van der Waals surface area (Å²) < 4.78 is 0. The van der Waals surface area contributed by atoms with Gasteiger partial charge in [-0.3, -0.25) is 0 Å². The standard InChI is InChI=1S/C25H31N/c1-4-8-20-13-17-23(18-14-20)25(26(2)3)12-7-9-21-15-16-22-10-5-6-11-24(22)19-21/h5-6,10-11,13-19,25H,4,7-9,12H2,1-3H3. The van der Waals surface area contributed by atoms with Crippen LogP contribution in [0.2, 0.25) is 0 Å². The second-order valence-electron chi connectivity index (χ2n) is 7.54. The first-order chi connectivity index (χ1) is 12.7. The Kier molecular flexibility index (Phi) is 6.46. The van der Waals surface area contributed by atoms with Crippen molar-refractivity contribution in [3.8, 4) is 0 Å². The first-order valence-corrected chi connectivity index (χ1v) is 9.90. The highest BCUT2D eigenvalue weighted by Crippen LogP contribution is 2.25. The van der Waals surface area contributed by atoms with Gasteiger partial charge in [0.2, 0.25) is 0 Å². The molecule has 0 heterocycles. The third-order valence-corrected chi connectivity index (χ3v) is 5.28. The minimum Gasteiger partial charge on any atom is -0.302 e. The molecule has 0 spiro atoms. The molecular weight excluding hydrogens is 314 g/mol. The number of benzene rings is 3. The van der Waals surface area contributed by atoms with Crippen LogP contribution in [0.5, 0.6) is 0 Å². The van der Waals surface area contributed by atoms with Crippen LogP contribution in [0, 0.1) is 0 Å². The summed E-state index contributed by atoms with van der Waals surface area (Å²) in [4.78, 5) is 2.36. The highest BCUT2D eigenvalue weighted by atomic mass is 15.1. The second-order valence-corrected chi connectivity index (χ2v) is 7.54. The molecule has 0 aliphatic rings. The predicted molar refractivity (Wildman–Crippen MR) is 114 cm³/mol. The van der Waals surface area contributed by atoms with Crippen LogP contribution in [0.15, 0.2) is 66.7 Å². The number of aryl methyl sites for hydroxylation is 2. The van der Waals surface area contributed by atoms with Gasteiger partial charge in [0.15, 0.2) is 0 Å². The normalized spacial score (nSPS) is 12.6. The van der Waals surface area contributed by atoms with Crippen LogP contribution in [-0.4, -0.2) is 19.0 Å². The molecular formula is C25H31N. The first kappa shape index (κ1) is 18.7. The van der Waals surface area contributed by atoms with E-state index in [0.717, 1.165) is 6.42 Å². The third kappa shape index (κ3) is 4.74. The van der Waals surface area contributed by atoms with Gasteiger partial charge in [0.25, 0.3) is 0 Å². The quantitative estimate of drug-likeness (QED) is 0.455. The summed E-state index contributed by atoms with van der Waals surface area (Å²) in [5, 5.41) is 2.68. The van der Waals surface area contributed by atoms with Crippen LogP contribution in [-0.2, 0) is 12.8 Å². The highest BCUT2D eigenvalue weighted by Gasteiger charge is 2.13. The van der Waals surface area contributed by atoms with E-state index in [4.69, 9.17) is 0 Å². The number of hydrogen-bond donors (Lipinski definition) is 0. The third-order valence-electron chi connectivity index (χ3n) is 5.28. The number of nitrogens with zero attached hydrogens (tertiary/aromatic N) is 1. The Morgan fingerprint density at radius 3 is 2.15 bits per heavy atom. The van der Waals surface area contributed by atoms with Crippen molar-refractivity contribution in [3.63, 3.8) is 0 Å². The van der Waals surface area contributed by atoms with Crippen molar-refractivity contribution in [1.29, 1.82) is 0 Å². The smallest absolute Gasteiger partial charge is 0.0342 e. The van der Waals surface area contributed by atoms with Crippen LogP contribution in [0.3, 0.4) is 0 Å². The Hall–Kier alpha value is -2.12.